The first kappa shape index (κ1) is 14.5. The molecule has 3 atom stereocenters. The Labute approximate surface area is 125 Å². The second kappa shape index (κ2) is 5.76. The second-order valence-corrected chi connectivity index (χ2v) is 6.25. The molecule has 1 heterocycles. The standard InChI is InChI=1S/C17H22N2O2/c1-21-17-6-5-15(20)10-16(17)19(8-7-17)12-14-4-2-3-13(9-14)11-18/h2-4,9,15-16,20H,5-8,10,12H2,1H3/t15-,16+,17-/m1/s1. The summed E-state index contributed by atoms with van der Waals surface area (Å²) in [5, 5.41) is 19.0. The first-order chi connectivity index (χ1) is 10.2. The van der Waals surface area contributed by atoms with Crippen molar-refractivity contribution in [1.29, 1.82) is 5.26 Å². The van der Waals surface area contributed by atoms with Gasteiger partial charge in [0.1, 0.15) is 0 Å². The molecule has 0 aromatic heterocycles. The van der Waals surface area contributed by atoms with Gasteiger partial charge in [0.15, 0.2) is 0 Å². The van der Waals surface area contributed by atoms with Gasteiger partial charge in [-0.1, -0.05) is 12.1 Å². The number of rotatable bonds is 3. The maximum Gasteiger partial charge on any atom is 0.0991 e. The van der Waals surface area contributed by atoms with Gasteiger partial charge in [-0.15, -0.1) is 0 Å². The van der Waals surface area contributed by atoms with Gasteiger partial charge in [-0.05, 0) is 43.4 Å². The molecule has 21 heavy (non-hydrogen) atoms. The second-order valence-electron chi connectivity index (χ2n) is 6.25. The Kier molecular flexibility index (Phi) is 3.99. The molecule has 1 N–H and O–H groups in total. The van der Waals surface area contributed by atoms with Crippen LogP contribution in [0.5, 0.6) is 0 Å². The number of ether oxygens (including phenoxy) is 1. The monoisotopic (exact) mass is 286 g/mol. The van der Waals surface area contributed by atoms with Crippen molar-refractivity contribution >= 4 is 0 Å². The van der Waals surface area contributed by atoms with Crippen molar-refractivity contribution in [2.24, 2.45) is 0 Å². The summed E-state index contributed by atoms with van der Waals surface area (Å²) >= 11 is 0. The van der Waals surface area contributed by atoms with Crippen molar-refractivity contribution in [3.63, 3.8) is 0 Å². The molecule has 1 aliphatic heterocycles. The topological polar surface area (TPSA) is 56.5 Å². The molecule has 1 aromatic rings. The first-order valence-electron chi connectivity index (χ1n) is 7.63. The molecular weight excluding hydrogens is 264 g/mol. The molecule has 4 heteroatoms. The third-order valence-corrected chi connectivity index (χ3v) is 5.11. The molecule has 0 bridgehead atoms. The molecule has 1 aliphatic carbocycles. The molecule has 1 saturated heterocycles. The fourth-order valence-corrected chi connectivity index (χ4v) is 3.93. The predicted octanol–water partition coefficient (Wildman–Crippen LogP) is 2.06. The van der Waals surface area contributed by atoms with Crippen LogP contribution in [0.3, 0.4) is 0 Å². The van der Waals surface area contributed by atoms with E-state index in [1.807, 2.05) is 18.2 Å². The first-order valence-corrected chi connectivity index (χ1v) is 7.63. The van der Waals surface area contributed by atoms with Crippen LogP contribution in [-0.2, 0) is 11.3 Å². The van der Waals surface area contributed by atoms with E-state index in [1.165, 1.54) is 0 Å². The number of nitrogens with zero attached hydrogens (tertiary/aromatic N) is 2. The van der Waals surface area contributed by atoms with Crippen LogP contribution in [0.15, 0.2) is 24.3 Å². The number of likely N-dealkylation sites (tertiary alicyclic amines) is 1. The fraction of sp³-hybridized carbons (Fsp3) is 0.588. The molecule has 0 unspecified atom stereocenters. The summed E-state index contributed by atoms with van der Waals surface area (Å²) in [6.45, 7) is 1.81. The Morgan fingerprint density at radius 1 is 1.48 bits per heavy atom. The normalized spacial score (nSPS) is 32.6. The summed E-state index contributed by atoms with van der Waals surface area (Å²) in [6.07, 6.45) is 3.36. The number of fused-ring (bicyclic) bond motifs is 1. The highest BCUT2D eigenvalue weighted by molar-refractivity contribution is 5.32. The molecule has 3 rings (SSSR count). The van der Waals surface area contributed by atoms with Crippen molar-refractivity contribution < 1.29 is 9.84 Å². The number of nitriles is 1. The van der Waals surface area contributed by atoms with Gasteiger partial charge in [-0.3, -0.25) is 4.90 Å². The smallest absolute Gasteiger partial charge is 0.0991 e. The van der Waals surface area contributed by atoms with Gasteiger partial charge in [-0.2, -0.15) is 5.26 Å². The van der Waals surface area contributed by atoms with E-state index < -0.39 is 0 Å². The summed E-state index contributed by atoms with van der Waals surface area (Å²) in [7, 11) is 1.80. The van der Waals surface area contributed by atoms with E-state index in [-0.39, 0.29) is 17.7 Å². The van der Waals surface area contributed by atoms with Gasteiger partial charge in [0.2, 0.25) is 0 Å². The van der Waals surface area contributed by atoms with Gasteiger partial charge >= 0.3 is 0 Å². The van der Waals surface area contributed by atoms with E-state index in [4.69, 9.17) is 10.00 Å². The average molecular weight is 286 g/mol. The number of benzene rings is 1. The van der Waals surface area contributed by atoms with E-state index in [9.17, 15) is 5.11 Å². The summed E-state index contributed by atoms with van der Waals surface area (Å²) in [4.78, 5) is 2.41. The molecular formula is C17H22N2O2. The average Bonchev–Trinajstić information content (AvgIpc) is 2.86. The predicted molar refractivity (Wildman–Crippen MR) is 79.6 cm³/mol. The van der Waals surface area contributed by atoms with E-state index in [0.29, 0.717) is 5.56 Å². The maximum atomic E-state index is 10.0. The van der Waals surface area contributed by atoms with Crippen LogP contribution >= 0.6 is 0 Å². The molecule has 0 spiro atoms. The van der Waals surface area contributed by atoms with Crippen LogP contribution in [0.25, 0.3) is 0 Å². The Morgan fingerprint density at radius 3 is 3.10 bits per heavy atom. The zero-order valence-corrected chi connectivity index (χ0v) is 12.5. The van der Waals surface area contributed by atoms with E-state index in [2.05, 4.69) is 17.0 Å². The third-order valence-electron chi connectivity index (χ3n) is 5.11. The Hall–Kier alpha value is -1.41. The van der Waals surface area contributed by atoms with Crippen LogP contribution in [-0.4, -0.2) is 41.4 Å². The minimum atomic E-state index is -0.218. The van der Waals surface area contributed by atoms with Crippen LogP contribution in [0.1, 0.15) is 36.8 Å². The van der Waals surface area contributed by atoms with Gasteiger partial charge in [0.25, 0.3) is 0 Å². The zero-order valence-electron chi connectivity index (χ0n) is 12.5. The van der Waals surface area contributed by atoms with E-state index in [0.717, 1.165) is 44.3 Å². The molecule has 4 nitrogen and oxygen atoms in total. The highest BCUT2D eigenvalue weighted by Gasteiger charge is 2.50. The minimum Gasteiger partial charge on any atom is -0.393 e. The lowest BCUT2D eigenvalue weighted by Gasteiger charge is -2.42. The lowest BCUT2D eigenvalue weighted by Crippen LogP contribution is -2.51. The van der Waals surface area contributed by atoms with Gasteiger partial charge in [0.05, 0.1) is 23.3 Å². The molecule has 112 valence electrons. The zero-order chi connectivity index (χ0) is 14.9. The molecule has 1 aromatic carbocycles. The Balaban J connectivity index is 1.78. The van der Waals surface area contributed by atoms with Gasteiger partial charge in [0, 0.05) is 26.2 Å². The van der Waals surface area contributed by atoms with Crippen molar-refractivity contribution in [1.82, 2.24) is 4.90 Å². The Bertz CT molecular complexity index is 554. The molecule has 2 aliphatic rings. The van der Waals surface area contributed by atoms with Gasteiger partial charge in [-0.25, -0.2) is 0 Å². The van der Waals surface area contributed by atoms with Crippen LogP contribution in [0.2, 0.25) is 0 Å². The number of hydrogen-bond acceptors (Lipinski definition) is 4. The summed E-state index contributed by atoms with van der Waals surface area (Å²) < 4.78 is 5.86. The third kappa shape index (κ3) is 2.69. The maximum absolute atomic E-state index is 10.0. The number of aliphatic hydroxyl groups is 1. The Morgan fingerprint density at radius 2 is 2.33 bits per heavy atom. The molecule has 0 amide bonds. The molecule has 2 fully saturated rings. The molecule has 1 saturated carbocycles. The van der Waals surface area contributed by atoms with Crippen molar-refractivity contribution in [2.45, 2.75) is 50.0 Å². The quantitative estimate of drug-likeness (QED) is 0.924. The van der Waals surface area contributed by atoms with Crippen molar-refractivity contribution in [3.05, 3.63) is 35.4 Å². The minimum absolute atomic E-state index is 0.0912. The summed E-state index contributed by atoms with van der Waals surface area (Å²) in [6, 6.07) is 10.2. The van der Waals surface area contributed by atoms with E-state index >= 15 is 0 Å². The van der Waals surface area contributed by atoms with E-state index in [1.54, 1.807) is 7.11 Å². The highest BCUT2D eigenvalue weighted by Crippen LogP contribution is 2.42. The van der Waals surface area contributed by atoms with Crippen molar-refractivity contribution in [3.8, 4) is 6.07 Å². The lowest BCUT2D eigenvalue weighted by atomic mass is 9.79. The van der Waals surface area contributed by atoms with Gasteiger partial charge < -0.3 is 9.84 Å². The fourth-order valence-electron chi connectivity index (χ4n) is 3.93. The number of methoxy groups -OCH3 is 1. The summed E-state index contributed by atoms with van der Waals surface area (Å²) in [5.74, 6) is 0. The highest BCUT2D eigenvalue weighted by atomic mass is 16.5. The largest absolute Gasteiger partial charge is 0.393 e. The number of hydrogen-bond donors (Lipinski definition) is 1. The van der Waals surface area contributed by atoms with Crippen LogP contribution in [0.4, 0.5) is 0 Å². The lowest BCUT2D eigenvalue weighted by molar-refractivity contribution is -0.0879. The SMILES string of the molecule is CO[C@@]12CC[C@@H](O)C[C@@H]1N(Cc1cccc(C#N)c1)CC2. The molecule has 0 radical (unpaired) electrons. The summed E-state index contributed by atoms with van der Waals surface area (Å²) in [5.41, 5.74) is 1.76. The van der Waals surface area contributed by atoms with Crippen molar-refractivity contribution in [2.75, 3.05) is 13.7 Å². The van der Waals surface area contributed by atoms with Crippen LogP contribution in [0, 0.1) is 11.3 Å². The number of aliphatic hydroxyl groups excluding tert-OH is 1. The van der Waals surface area contributed by atoms with Crippen LogP contribution < -0.4 is 0 Å².